The Morgan fingerprint density at radius 3 is 2.58 bits per heavy atom. The van der Waals surface area contributed by atoms with E-state index < -0.39 is 5.82 Å². The molecule has 0 saturated heterocycles. The van der Waals surface area contributed by atoms with E-state index in [1.165, 1.54) is 30.3 Å². The smallest absolute Gasteiger partial charge is 0.170 e. The number of hydrogen-bond acceptors (Lipinski definition) is 1. The summed E-state index contributed by atoms with van der Waals surface area (Å²) < 4.78 is 27.2. The van der Waals surface area contributed by atoms with Crippen LogP contribution in [-0.4, -0.2) is 5.78 Å². The fourth-order valence-electron chi connectivity index (χ4n) is 1.84. The second-order valence-electron chi connectivity index (χ2n) is 4.29. The van der Waals surface area contributed by atoms with Gasteiger partial charge in [-0.2, -0.15) is 0 Å². The summed E-state index contributed by atoms with van der Waals surface area (Å²) in [5.74, 6) is -1.22. The van der Waals surface area contributed by atoms with Gasteiger partial charge in [-0.3, -0.25) is 4.79 Å². The van der Waals surface area contributed by atoms with Crippen LogP contribution in [-0.2, 0) is 6.42 Å². The van der Waals surface area contributed by atoms with Crippen LogP contribution in [0.2, 0.25) is 0 Å². The van der Waals surface area contributed by atoms with Crippen molar-refractivity contribution in [1.82, 2.24) is 0 Å². The number of rotatable bonds is 3. The van der Waals surface area contributed by atoms with Gasteiger partial charge in [0.2, 0.25) is 0 Å². The summed E-state index contributed by atoms with van der Waals surface area (Å²) in [5.41, 5.74) is 1.42. The maximum atomic E-state index is 13.6. The molecule has 19 heavy (non-hydrogen) atoms. The summed E-state index contributed by atoms with van der Waals surface area (Å²) in [5, 5.41) is 0. The Balaban J connectivity index is 2.28. The maximum absolute atomic E-state index is 13.6. The summed E-state index contributed by atoms with van der Waals surface area (Å²) in [4.78, 5) is 12.1. The van der Waals surface area contributed by atoms with Crippen LogP contribution in [0.25, 0.3) is 0 Å². The fraction of sp³-hybridized carbons (Fsp3) is 0.133. The van der Waals surface area contributed by atoms with Crippen molar-refractivity contribution in [3.05, 3.63) is 69.2 Å². The van der Waals surface area contributed by atoms with Crippen LogP contribution < -0.4 is 0 Å². The summed E-state index contributed by atoms with van der Waals surface area (Å²) in [7, 11) is 0. The van der Waals surface area contributed by atoms with E-state index in [-0.39, 0.29) is 23.6 Å². The van der Waals surface area contributed by atoms with Crippen LogP contribution in [0.1, 0.15) is 21.5 Å². The molecule has 0 saturated carbocycles. The first-order valence-electron chi connectivity index (χ1n) is 5.70. The molecule has 0 N–H and O–H groups in total. The molecule has 0 aromatic heterocycles. The number of benzene rings is 2. The van der Waals surface area contributed by atoms with Crippen molar-refractivity contribution in [3.8, 4) is 0 Å². The minimum absolute atomic E-state index is 0.0399. The van der Waals surface area contributed by atoms with Gasteiger partial charge in [0.05, 0.1) is 5.56 Å². The van der Waals surface area contributed by atoms with Gasteiger partial charge in [-0.15, -0.1) is 0 Å². The van der Waals surface area contributed by atoms with Crippen molar-refractivity contribution in [2.75, 3.05) is 0 Å². The lowest BCUT2D eigenvalue weighted by Crippen LogP contribution is -2.07. The average molecular weight is 325 g/mol. The summed E-state index contributed by atoms with van der Waals surface area (Å²) in [6.45, 7) is 1.73. The molecule has 0 aliphatic rings. The number of carbonyl (C=O) groups is 1. The molecule has 2 aromatic carbocycles. The quantitative estimate of drug-likeness (QED) is 0.762. The molecule has 0 aliphatic heterocycles. The zero-order valence-electron chi connectivity index (χ0n) is 10.2. The van der Waals surface area contributed by atoms with Crippen LogP contribution in [0, 0.1) is 18.6 Å². The van der Waals surface area contributed by atoms with Crippen LogP contribution in [0.4, 0.5) is 8.78 Å². The fourth-order valence-corrected chi connectivity index (χ4v) is 2.20. The predicted molar refractivity (Wildman–Crippen MR) is 73.3 cm³/mol. The Morgan fingerprint density at radius 1 is 1.16 bits per heavy atom. The van der Waals surface area contributed by atoms with E-state index >= 15 is 0 Å². The van der Waals surface area contributed by atoms with Gasteiger partial charge in [0.1, 0.15) is 11.6 Å². The Bertz CT molecular complexity index is 638. The molecule has 4 heteroatoms. The van der Waals surface area contributed by atoms with E-state index in [4.69, 9.17) is 0 Å². The van der Waals surface area contributed by atoms with Gasteiger partial charge in [0, 0.05) is 10.9 Å². The van der Waals surface area contributed by atoms with E-state index in [1.807, 2.05) is 0 Å². The molecule has 0 spiro atoms. The van der Waals surface area contributed by atoms with Crippen molar-refractivity contribution in [2.24, 2.45) is 0 Å². The Kier molecular flexibility index (Phi) is 4.10. The molecule has 0 bridgehead atoms. The number of ketones is 1. The molecular weight excluding hydrogens is 314 g/mol. The van der Waals surface area contributed by atoms with Crippen LogP contribution in [0.15, 0.2) is 40.9 Å². The summed E-state index contributed by atoms with van der Waals surface area (Å²) in [6.07, 6.45) is 0.0550. The third kappa shape index (κ3) is 3.26. The highest BCUT2D eigenvalue weighted by Gasteiger charge is 2.14. The topological polar surface area (TPSA) is 17.1 Å². The molecule has 2 aromatic rings. The Morgan fingerprint density at radius 2 is 1.89 bits per heavy atom. The minimum Gasteiger partial charge on any atom is -0.294 e. The molecule has 2 rings (SSSR count). The van der Waals surface area contributed by atoms with E-state index in [0.717, 1.165) is 0 Å². The summed E-state index contributed by atoms with van der Waals surface area (Å²) >= 11 is 3.21. The largest absolute Gasteiger partial charge is 0.294 e. The number of hydrogen-bond donors (Lipinski definition) is 0. The SMILES string of the molecule is Cc1cc(F)ccc1CC(=O)c1cc(Br)ccc1F. The minimum atomic E-state index is -0.548. The predicted octanol–water partition coefficient (Wildman–Crippen LogP) is 4.46. The number of carbonyl (C=O) groups excluding carboxylic acids is 1. The summed E-state index contributed by atoms with van der Waals surface area (Å²) in [6, 6.07) is 8.45. The molecule has 98 valence electrons. The lowest BCUT2D eigenvalue weighted by atomic mass is 9.99. The van der Waals surface area contributed by atoms with Gasteiger partial charge >= 0.3 is 0 Å². The molecule has 1 nitrogen and oxygen atoms in total. The van der Waals surface area contributed by atoms with E-state index in [1.54, 1.807) is 13.0 Å². The van der Waals surface area contributed by atoms with Crippen molar-refractivity contribution in [2.45, 2.75) is 13.3 Å². The molecule has 0 fully saturated rings. The van der Waals surface area contributed by atoms with E-state index in [9.17, 15) is 13.6 Å². The molecule has 0 atom stereocenters. The highest BCUT2D eigenvalue weighted by atomic mass is 79.9. The highest BCUT2D eigenvalue weighted by Crippen LogP contribution is 2.19. The lowest BCUT2D eigenvalue weighted by molar-refractivity contribution is 0.0989. The monoisotopic (exact) mass is 324 g/mol. The zero-order valence-corrected chi connectivity index (χ0v) is 11.8. The third-order valence-corrected chi connectivity index (χ3v) is 3.38. The first-order valence-corrected chi connectivity index (χ1v) is 6.50. The normalized spacial score (nSPS) is 10.5. The molecule has 0 aliphatic carbocycles. The van der Waals surface area contributed by atoms with Crippen LogP contribution in [0.3, 0.4) is 0 Å². The van der Waals surface area contributed by atoms with Gasteiger partial charge < -0.3 is 0 Å². The maximum Gasteiger partial charge on any atom is 0.170 e. The second-order valence-corrected chi connectivity index (χ2v) is 5.21. The van der Waals surface area contributed by atoms with Gasteiger partial charge in [-0.1, -0.05) is 22.0 Å². The first kappa shape index (κ1) is 13.9. The molecule has 0 radical (unpaired) electrons. The van der Waals surface area contributed by atoms with Crippen molar-refractivity contribution in [3.63, 3.8) is 0 Å². The Labute approximate surface area is 118 Å². The second kappa shape index (κ2) is 5.61. The number of Topliss-reactive ketones (excluding diaryl/α,β-unsaturated/α-hetero) is 1. The van der Waals surface area contributed by atoms with E-state index in [2.05, 4.69) is 15.9 Å². The van der Waals surface area contributed by atoms with Gasteiger partial charge in [-0.05, 0) is 48.4 Å². The number of halogens is 3. The van der Waals surface area contributed by atoms with Gasteiger partial charge in [0.15, 0.2) is 5.78 Å². The molecule has 0 heterocycles. The molecule has 0 unspecified atom stereocenters. The van der Waals surface area contributed by atoms with Gasteiger partial charge in [-0.25, -0.2) is 8.78 Å². The van der Waals surface area contributed by atoms with Crippen LogP contribution in [0.5, 0.6) is 0 Å². The van der Waals surface area contributed by atoms with Crippen molar-refractivity contribution in [1.29, 1.82) is 0 Å². The molecule has 0 amide bonds. The lowest BCUT2D eigenvalue weighted by Gasteiger charge is -2.06. The van der Waals surface area contributed by atoms with Gasteiger partial charge in [0.25, 0.3) is 0 Å². The molecular formula is C15H11BrF2O. The average Bonchev–Trinajstić information content (AvgIpc) is 2.35. The highest BCUT2D eigenvalue weighted by molar-refractivity contribution is 9.10. The Hall–Kier alpha value is -1.55. The zero-order chi connectivity index (χ0) is 14.0. The van der Waals surface area contributed by atoms with Crippen molar-refractivity contribution >= 4 is 21.7 Å². The standard InChI is InChI=1S/C15H11BrF2O/c1-9-6-12(17)4-2-10(9)7-15(19)13-8-11(16)3-5-14(13)18/h2-6,8H,7H2,1H3. The number of aryl methyl sites for hydroxylation is 1. The first-order chi connectivity index (χ1) is 8.97. The van der Waals surface area contributed by atoms with E-state index in [0.29, 0.717) is 15.6 Å². The van der Waals surface area contributed by atoms with Crippen molar-refractivity contribution < 1.29 is 13.6 Å². The third-order valence-electron chi connectivity index (χ3n) is 2.88. The van der Waals surface area contributed by atoms with Crippen LogP contribution >= 0.6 is 15.9 Å².